The molecule has 0 aliphatic heterocycles. The van der Waals surface area contributed by atoms with E-state index in [1.54, 1.807) is 6.92 Å². The van der Waals surface area contributed by atoms with Gasteiger partial charge in [-0.2, -0.15) is 0 Å². The predicted molar refractivity (Wildman–Crippen MR) is 102 cm³/mol. The molecule has 0 saturated heterocycles. The van der Waals surface area contributed by atoms with Gasteiger partial charge < -0.3 is 38.3 Å². The first kappa shape index (κ1) is 31.1. The molecular formula is C18H38O10. The van der Waals surface area contributed by atoms with Crippen LogP contribution in [0.25, 0.3) is 0 Å². The Bertz CT molecular complexity index is 325. The van der Waals surface area contributed by atoms with Crippen LogP contribution in [-0.4, -0.2) is 90.1 Å². The number of aliphatic hydroxyl groups is 1. The van der Waals surface area contributed by atoms with Gasteiger partial charge in [0.2, 0.25) is 0 Å². The molecule has 0 fully saturated rings. The summed E-state index contributed by atoms with van der Waals surface area (Å²) >= 11 is 0. The fourth-order valence-corrected chi connectivity index (χ4v) is 1.28. The molecule has 10 heteroatoms. The summed E-state index contributed by atoms with van der Waals surface area (Å²) < 4.78 is 33.9. The van der Waals surface area contributed by atoms with Crippen molar-refractivity contribution in [1.29, 1.82) is 0 Å². The molecule has 0 amide bonds. The Morgan fingerprint density at radius 1 is 0.750 bits per heavy atom. The van der Waals surface area contributed by atoms with E-state index < -0.39 is 12.3 Å². The number of carbonyl (C=O) groups excluding carboxylic acids is 2. The molecule has 0 aliphatic carbocycles. The first-order valence-corrected chi connectivity index (χ1v) is 9.48. The van der Waals surface area contributed by atoms with Gasteiger partial charge >= 0.3 is 12.3 Å². The molecule has 0 heterocycles. The minimum Gasteiger partial charge on any atom is -0.432 e. The van der Waals surface area contributed by atoms with Crippen LogP contribution in [-0.2, 0) is 33.2 Å². The zero-order valence-corrected chi connectivity index (χ0v) is 18.1. The van der Waals surface area contributed by atoms with Crippen molar-refractivity contribution in [3.63, 3.8) is 0 Å². The van der Waals surface area contributed by atoms with E-state index in [1.165, 1.54) is 7.11 Å². The topological polar surface area (TPSA) is 119 Å². The summed E-state index contributed by atoms with van der Waals surface area (Å²) in [7, 11) is 1.50. The van der Waals surface area contributed by atoms with E-state index in [0.717, 1.165) is 0 Å². The molecule has 0 aromatic carbocycles. The maximum atomic E-state index is 11.1. The van der Waals surface area contributed by atoms with Crippen LogP contribution in [0.3, 0.4) is 0 Å². The van der Waals surface area contributed by atoms with Crippen LogP contribution in [0, 0.1) is 0 Å². The van der Waals surface area contributed by atoms with Crippen molar-refractivity contribution in [2.24, 2.45) is 0 Å². The maximum Gasteiger partial charge on any atom is 0.508 e. The van der Waals surface area contributed by atoms with E-state index in [4.69, 9.17) is 28.8 Å². The zero-order chi connectivity index (χ0) is 22.0. The lowest BCUT2D eigenvalue weighted by Crippen LogP contribution is -2.22. The first-order valence-electron chi connectivity index (χ1n) is 9.48. The largest absolute Gasteiger partial charge is 0.508 e. The molecule has 170 valence electrons. The Labute approximate surface area is 168 Å². The molecule has 1 N–H and O–H groups in total. The lowest BCUT2D eigenvalue weighted by Gasteiger charge is -2.13. The highest BCUT2D eigenvalue weighted by Gasteiger charge is 2.07. The third kappa shape index (κ3) is 26.6. The average Bonchev–Trinajstić information content (AvgIpc) is 2.72. The second-order valence-electron chi connectivity index (χ2n) is 4.37. The molecule has 28 heavy (non-hydrogen) atoms. The molecular weight excluding hydrogens is 376 g/mol. The van der Waals surface area contributed by atoms with Crippen molar-refractivity contribution in [3.05, 3.63) is 0 Å². The van der Waals surface area contributed by atoms with Gasteiger partial charge in [-0.3, -0.25) is 0 Å². The van der Waals surface area contributed by atoms with Crippen molar-refractivity contribution >= 4 is 12.3 Å². The maximum absolute atomic E-state index is 11.1. The van der Waals surface area contributed by atoms with Gasteiger partial charge in [-0.05, 0) is 6.92 Å². The number of ether oxygens (including phenoxy) is 7. The van der Waals surface area contributed by atoms with E-state index in [9.17, 15) is 9.59 Å². The Balaban J connectivity index is -0.00000146. The summed E-state index contributed by atoms with van der Waals surface area (Å²) in [5.41, 5.74) is 0. The highest BCUT2D eigenvalue weighted by atomic mass is 16.7. The third-order valence-corrected chi connectivity index (χ3v) is 2.32. The molecule has 1 unspecified atom stereocenters. The van der Waals surface area contributed by atoms with E-state index in [1.807, 2.05) is 27.7 Å². The summed E-state index contributed by atoms with van der Waals surface area (Å²) in [6.07, 6.45) is -1.85. The van der Waals surface area contributed by atoms with Gasteiger partial charge in [0, 0.05) is 7.11 Å². The van der Waals surface area contributed by atoms with E-state index >= 15 is 0 Å². The number of carbonyl (C=O) groups is 2. The van der Waals surface area contributed by atoms with Gasteiger partial charge in [-0.1, -0.05) is 27.7 Å². The number of rotatable bonds is 14. The Kier molecular flexibility index (Phi) is 30.6. The van der Waals surface area contributed by atoms with Crippen LogP contribution in [0.2, 0.25) is 0 Å². The van der Waals surface area contributed by atoms with Crippen LogP contribution >= 0.6 is 0 Å². The van der Waals surface area contributed by atoms with E-state index in [0.29, 0.717) is 6.61 Å². The summed E-state index contributed by atoms with van der Waals surface area (Å²) in [5, 5.41) is 8.44. The minimum absolute atomic E-state index is 0.0351. The lowest BCUT2D eigenvalue weighted by atomic mass is 10.4. The quantitative estimate of drug-likeness (QED) is 0.335. The van der Waals surface area contributed by atoms with Crippen LogP contribution in [0.4, 0.5) is 9.59 Å². The van der Waals surface area contributed by atoms with Crippen molar-refractivity contribution in [1.82, 2.24) is 0 Å². The van der Waals surface area contributed by atoms with Crippen LogP contribution in [0.1, 0.15) is 34.6 Å². The average molecular weight is 414 g/mol. The zero-order valence-electron chi connectivity index (χ0n) is 18.1. The van der Waals surface area contributed by atoms with Gasteiger partial charge in [0.05, 0.1) is 39.1 Å². The van der Waals surface area contributed by atoms with Crippen molar-refractivity contribution in [2.75, 3.05) is 66.6 Å². The van der Waals surface area contributed by atoms with E-state index in [2.05, 4.69) is 9.47 Å². The number of methoxy groups -OCH3 is 1. The smallest absolute Gasteiger partial charge is 0.432 e. The number of hydrogen-bond acceptors (Lipinski definition) is 10. The summed E-state index contributed by atoms with van der Waals surface area (Å²) in [6, 6.07) is 0. The van der Waals surface area contributed by atoms with Gasteiger partial charge in [0.25, 0.3) is 0 Å². The first-order chi connectivity index (χ1) is 13.6. The monoisotopic (exact) mass is 414 g/mol. The van der Waals surface area contributed by atoms with Crippen LogP contribution < -0.4 is 0 Å². The fraction of sp³-hybridized carbons (Fsp3) is 0.889. The third-order valence-electron chi connectivity index (χ3n) is 2.32. The standard InChI is InChI=1S/C14H26O10.2C2H6/c1-12(11-19-6-8-23-13(16)21-4-3-15)20-9-10-24-14(17)22-7-5-18-2;2*1-2/h12,15H,3-11H2,1-2H3;2*1-2H3. The van der Waals surface area contributed by atoms with Gasteiger partial charge in [0.1, 0.15) is 26.4 Å². The van der Waals surface area contributed by atoms with Crippen LogP contribution in [0.5, 0.6) is 0 Å². The molecule has 10 nitrogen and oxygen atoms in total. The molecule has 1 atom stereocenters. The molecule has 0 bridgehead atoms. The molecule has 0 aromatic rings. The second kappa shape index (κ2) is 27.6. The Hall–Kier alpha value is -1.62. The van der Waals surface area contributed by atoms with Gasteiger partial charge in [-0.15, -0.1) is 0 Å². The summed E-state index contributed by atoms with van der Waals surface area (Å²) in [6.45, 7) is 10.6. The number of hydrogen-bond donors (Lipinski definition) is 1. The Morgan fingerprint density at radius 3 is 1.71 bits per heavy atom. The van der Waals surface area contributed by atoms with Gasteiger partial charge in [0.15, 0.2) is 0 Å². The SMILES string of the molecule is CC.CC.COCCOC(=O)OCCOC(C)COCCOC(=O)OCCO. The highest BCUT2D eigenvalue weighted by Crippen LogP contribution is 1.94. The highest BCUT2D eigenvalue weighted by molar-refractivity contribution is 5.60. The molecule has 0 spiro atoms. The summed E-state index contributed by atoms with van der Waals surface area (Å²) in [5.74, 6) is 0. The molecule has 0 saturated carbocycles. The normalized spacial score (nSPS) is 10.4. The van der Waals surface area contributed by atoms with Crippen LogP contribution in [0.15, 0.2) is 0 Å². The minimum atomic E-state index is -0.855. The number of aliphatic hydroxyl groups excluding tert-OH is 1. The molecule has 0 rings (SSSR count). The second-order valence-corrected chi connectivity index (χ2v) is 4.37. The molecule has 0 aliphatic rings. The molecule has 0 aromatic heterocycles. The Morgan fingerprint density at radius 2 is 1.21 bits per heavy atom. The van der Waals surface area contributed by atoms with Crippen molar-refractivity contribution in [2.45, 2.75) is 40.7 Å². The fourth-order valence-electron chi connectivity index (χ4n) is 1.28. The van der Waals surface area contributed by atoms with Crippen molar-refractivity contribution < 1.29 is 47.9 Å². The van der Waals surface area contributed by atoms with Gasteiger partial charge in [-0.25, -0.2) is 9.59 Å². The van der Waals surface area contributed by atoms with Crippen molar-refractivity contribution in [3.8, 4) is 0 Å². The molecule has 0 radical (unpaired) electrons. The lowest BCUT2D eigenvalue weighted by molar-refractivity contribution is -0.0389. The predicted octanol–water partition coefficient (Wildman–Crippen LogP) is 2.41. The van der Waals surface area contributed by atoms with E-state index in [-0.39, 0.29) is 59.0 Å². The summed E-state index contributed by atoms with van der Waals surface area (Å²) in [4.78, 5) is 22.0.